The number of anilines is 1. The minimum absolute atomic E-state index is 0.892. The standard InChI is InChI=1S/C12H17N/c1-9(2)4-6-11-8-10(3)5-7-12(11)13/h4-5,7-8H,6,13H2,1-3H3. The van der Waals surface area contributed by atoms with Crippen LogP contribution in [-0.4, -0.2) is 0 Å². The zero-order valence-electron chi connectivity index (χ0n) is 8.59. The van der Waals surface area contributed by atoms with Gasteiger partial charge in [0.05, 0.1) is 0 Å². The first-order chi connectivity index (χ1) is 6.09. The summed E-state index contributed by atoms with van der Waals surface area (Å²) in [6.45, 7) is 6.30. The molecule has 1 heteroatoms. The van der Waals surface area contributed by atoms with Crippen molar-refractivity contribution in [3.05, 3.63) is 41.0 Å². The minimum Gasteiger partial charge on any atom is -0.398 e. The fourth-order valence-corrected chi connectivity index (χ4v) is 1.23. The van der Waals surface area contributed by atoms with Crippen LogP contribution in [0.5, 0.6) is 0 Å². The van der Waals surface area contributed by atoms with Gasteiger partial charge < -0.3 is 5.73 Å². The summed E-state index contributed by atoms with van der Waals surface area (Å²) in [5.74, 6) is 0. The lowest BCUT2D eigenvalue weighted by molar-refractivity contribution is 1.21. The number of rotatable bonds is 2. The molecule has 0 saturated carbocycles. The summed E-state index contributed by atoms with van der Waals surface area (Å²) < 4.78 is 0. The van der Waals surface area contributed by atoms with Crippen LogP contribution in [0.1, 0.15) is 25.0 Å². The summed E-state index contributed by atoms with van der Waals surface area (Å²) in [5, 5.41) is 0. The average molecular weight is 175 g/mol. The van der Waals surface area contributed by atoms with Crippen molar-refractivity contribution in [2.75, 3.05) is 5.73 Å². The summed E-state index contributed by atoms with van der Waals surface area (Å²) in [7, 11) is 0. The van der Waals surface area contributed by atoms with E-state index in [0.29, 0.717) is 0 Å². The highest BCUT2D eigenvalue weighted by atomic mass is 14.6. The Balaban J connectivity index is 2.87. The largest absolute Gasteiger partial charge is 0.398 e. The fraction of sp³-hybridized carbons (Fsp3) is 0.333. The average Bonchev–Trinajstić information content (AvgIpc) is 2.06. The van der Waals surface area contributed by atoms with Crippen molar-refractivity contribution >= 4 is 5.69 Å². The van der Waals surface area contributed by atoms with Crippen LogP contribution in [0, 0.1) is 6.92 Å². The molecular formula is C12H17N. The van der Waals surface area contributed by atoms with Crippen LogP contribution in [-0.2, 0) is 6.42 Å². The zero-order valence-corrected chi connectivity index (χ0v) is 8.59. The Bertz CT molecular complexity index is 320. The summed E-state index contributed by atoms with van der Waals surface area (Å²) in [6, 6.07) is 6.17. The first-order valence-corrected chi connectivity index (χ1v) is 4.58. The number of nitrogens with two attached hydrogens (primary N) is 1. The fourth-order valence-electron chi connectivity index (χ4n) is 1.23. The summed E-state index contributed by atoms with van der Waals surface area (Å²) in [4.78, 5) is 0. The van der Waals surface area contributed by atoms with Crippen LogP contribution in [0.2, 0.25) is 0 Å². The lowest BCUT2D eigenvalue weighted by Crippen LogP contribution is -1.93. The Morgan fingerprint density at radius 1 is 1.38 bits per heavy atom. The van der Waals surface area contributed by atoms with Gasteiger partial charge in [-0.3, -0.25) is 0 Å². The van der Waals surface area contributed by atoms with E-state index in [1.165, 1.54) is 16.7 Å². The van der Waals surface area contributed by atoms with E-state index >= 15 is 0 Å². The summed E-state index contributed by atoms with van der Waals surface area (Å²) in [6.07, 6.45) is 3.14. The van der Waals surface area contributed by atoms with Crippen molar-refractivity contribution in [2.24, 2.45) is 0 Å². The molecule has 70 valence electrons. The molecule has 0 aromatic heterocycles. The Labute approximate surface area is 80.3 Å². The Kier molecular flexibility index (Phi) is 3.13. The first-order valence-electron chi connectivity index (χ1n) is 4.58. The molecule has 0 unspecified atom stereocenters. The van der Waals surface area contributed by atoms with Crippen molar-refractivity contribution in [3.8, 4) is 0 Å². The van der Waals surface area contributed by atoms with Gasteiger partial charge in [-0.1, -0.05) is 29.3 Å². The van der Waals surface area contributed by atoms with Crippen LogP contribution >= 0.6 is 0 Å². The summed E-state index contributed by atoms with van der Waals surface area (Å²) >= 11 is 0. The van der Waals surface area contributed by atoms with E-state index in [4.69, 9.17) is 5.73 Å². The molecule has 1 nitrogen and oxygen atoms in total. The first kappa shape index (κ1) is 9.85. The van der Waals surface area contributed by atoms with Gasteiger partial charge in [0.1, 0.15) is 0 Å². The maximum atomic E-state index is 5.85. The highest BCUT2D eigenvalue weighted by Gasteiger charge is 1.96. The molecule has 0 atom stereocenters. The molecule has 13 heavy (non-hydrogen) atoms. The van der Waals surface area contributed by atoms with Crippen molar-refractivity contribution in [3.63, 3.8) is 0 Å². The number of aryl methyl sites for hydroxylation is 1. The van der Waals surface area contributed by atoms with Crippen LogP contribution < -0.4 is 5.73 Å². The van der Waals surface area contributed by atoms with Crippen LogP contribution in [0.3, 0.4) is 0 Å². The molecule has 0 fully saturated rings. The third-order valence-corrected chi connectivity index (χ3v) is 2.03. The highest BCUT2D eigenvalue weighted by Crippen LogP contribution is 2.15. The van der Waals surface area contributed by atoms with Gasteiger partial charge in [-0.15, -0.1) is 0 Å². The molecule has 1 aromatic rings. The Morgan fingerprint density at radius 3 is 2.69 bits per heavy atom. The number of hydrogen-bond acceptors (Lipinski definition) is 1. The predicted octanol–water partition coefficient (Wildman–Crippen LogP) is 3.09. The molecule has 1 rings (SSSR count). The lowest BCUT2D eigenvalue weighted by Gasteiger charge is -2.04. The van der Waals surface area contributed by atoms with Crippen molar-refractivity contribution in [2.45, 2.75) is 27.2 Å². The molecule has 0 heterocycles. The Hall–Kier alpha value is -1.24. The van der Waals surface area contributed by atoms with Gasteiger partial charge in [-0.05, 0) is 38.8 Å². The molecule has 0 spiro atoms. The second kappa shape index (κ2) is 4.13. The molecule has 2 N–H and O–H groups in total. The molecular weight excluding hydrogens is 158 g/mol. The van der Waals surface area contributed by atoms with Gasteiger partial charge in [0, 0.05) is 5.69 Å². The molecule has 0 aliphatic carbocycles. The van der Waals surface area contributed by atoms with Crippen molar-refractivity contribution in [1.29, 1.82) is 0 Å². The van der Waals surface area contributed by atoms with Gasteiger partial charge in [0.2, 0.25) is 0 Å². The molecule has 0 aliphatic heterocycles. The highest BCUT2D eigenvalue weighted by molar-refractivity contribution is 5.49. The maximum Gasteiger partial charge on any atom is 0.0349 e. The number of hydrogen-bond donors (Lipinski definition) is 1. The van der Waals surface area contributed by atoms with Crippen LogP contribution in [0.4, 0.5) is 5.69 Å². The van der Waals surface area contributed by atoms with E-state index in [1.54, 1.807) is 0 Å². The topological polar surface area (TPSA) is 26.0 Å². The number of nitrogen functional groups attached to an aromatic ring is 1. The van der Waals surface area contributed by atoms with Crippen LogP contribution in [0.25, 0.3) is 0 Å². The third-order valence-electron chi connectivity index (χ3n) is 2.03. The maximum absolute atomic E-state index is 5.85. The van der Waals surface area contributed by atoms with Gasteiger partial charge in [0.15, 0.2) is 0 Å². The van der Waals surface area contributed by atoms with E-state index in [1.807, 2.05) is 12.1 Å². The quantitative estimate of drug-likeness (QED) is 0.542. The number of allylic oxidation sites excluding steroid dienone is 2. The molecule has 0 saturated heterocycles. The minimum atomic E-state index is 0.892. The third kappa shape index (κ3) is 2.94. The monoisotopic (exact) mass is 175 g/mol. The van der Waals surface area contributed by atoms with E-state index in [9.17, 15) is 0 Å². The summed E-state index contributed by atoms with van der Waals surface area (Å²) in [5.41, 5.74) is 10.6. The SMILES string of the molecule is CC(C)=CCc1cc(C)ccc1N. The molecule has 0 amide bonds. The van der Waals surface area contributed by atoms with E-state index in [0.717, 1.165) is 12.1 Å². The molecule has 0 aliphatic rings. The second-order valence-corrected chi connectivity index (χ2v) is 3.69. The van der Waals surface area contributed by atoms with Crippen molar-refractivity contribution < 1.29 is 0 Å². The zero-order chi connectivity index (χ0) is 9.84. The molecule has 0 bridgehead atoms. The van der Waals surface area contributed by atoms with Crippen molar-refractivity contribution in [1.82, 2.24) is 0 Å². The van der Waals surface area contributed by atoms with E-state index in [-0.39, 0.29) is 0 Å². The normalized spacial score (nSPS) is 9.77. The van der Waals surface area contributed by atoms with Gasteiger partial charge in [-0.2, -0.15) is 0 Å². The van der Waals surface area contributed by atoms with E-state index in [2.05, 4.69) is 32.9 Å². The smallest absolute Gasteiger partial charge is 0.0349 e. The molecule has 1 aromatic carbocycles. The Morgan fingerprint density at radius 2 is 2.08 bits per heavy atom. The lowest BCUT2D eigenvalue weighted by atomic mass is 10.1. The second-order valence-electron chi connectivity index (χ2n) is 3.69. The van der Waals surface area contributed by atoms with E-state index < -0.39 is 0 Å². The van der Waals surface area contributed by atoms with Gasteiger partial charge in [0.25, 0.3) is 0 Å². The number of benzene rings is 1. The molecule has 0 radical (unpaired) electrons. The van der Waals surface area contributed by atoms with Gasteiger partial charge in [-0.25, -0.2) is 0 Å². The predicted molar refractivity (Wildman–Crippen MR) is 58.7 cm³/mol. The van der Waals surface area contributed by atoms with Crippen LogP contribution in [0.15, 0.2) is 29.8 Å². The van der Waals surface area contributed by atoms with Gasteiger partial charge >= 0.3 is 0 Å².